The van der Waals surface area contributed by atoms with Gasteiger partial charge in [0.2, 0.25) is 11.8 Å². The van der Waals surface area contributed by atoms with Crippen molar-refractivity contribution in [2.24, 2.45) is 5.41 Å². The van der Waals surface area contributed by atoms with Crippen LogP contribution in [0.2, 0.25) is 0 Å². The van der Waals surface area contributed by atoms with Gasteiger partial charge in [-0.15, -0.1) is 0 Å². The van der Waals surface area contributed by atoms with Crippen molar-refractivity contribution >= 4 is 11.8 Å². The highest BCUT2D eigenvalue weighted by Crippen LogP contribution is 2.47. The Morgan fingerprint density at radius 3 is 2.43 bits per heavy atom. The average molecular weight is 288 g/mol. The zero-order chi connectivity index (χ0) is 15.5. The van der Waals surface area contributed by atoms with Crippen LogP contribution in [0.25, 0.3) is 0 Å². The Morgan fingerprint density at radius 2 is 1.90 bits per heavy atom. The molecular formula is C17H24N2O2. The molecule has 114 valence electrons. The number of benzene rings is 1. The quantitative estimate of drug-likeness (QED) is 0.817. The zero-order valence-electron chi connectivity index (χ0n) is 13.1. The summed E-state index contributed by atoms with van der Waals surface area (Å²) in [4.78, 5) is 26.6. The van der Waals surface area contributed by atoms with Crippen LogP contribution in [0.4, 0.5) is 0 Å². The van der Waals surface area contributed by atoms with Crippen LogP contribution in [0.5, 0.6) is 0 Å². The first-order chi connectivity index (χ1) is 9.99. The average Bonchev–Trinajstić information content (AvgIpc) is 3.29. The molecule has 0 spiro atoms. The maximum absolute atomic E-state index is 12.6. The largest absolute Gasteiger partial charge is 0.353 e. The summed E-state index contributed by atoms with van der Waals surface area (Å²) in [5.41, 5.74) is 0.263. The molecular weight excluding hydrogens is 264 g/mol. The van der Waals surface area contributed by atoms with E-state index in [9.17, 15) is 9.59 Å². The lowest BCUT2D eigenvalue weighted by molar-refractivity contribution is -0.144. The van der Waals surface area contributed by atoms with Crippen molar-refractivity contribution in [3.8, 4) is 0 Å². The molecule has 1 aliphatic rings. The van der Waals surface area contributed by atoms with Gasteiger partial charge in [-0.05, 0) is 31.7 Å². The molecule has 1 saturated carbocycles. The summed E-state index contributed by atoms with van der Waals surface area (Å²) in [7, 11) is 1.77. The summed E-state index contributed by atoms with van der Waals surface area (Å²) < 4.78 is 0. The van der Waals surface area contributed by atoms with E-state index in [4.69, 9.17) is 0 Å². The summed E-state index contributed by atoms with van der Waals surface area (Å²) in [6, 6.07) is 9.95. The molecule has 0 aliphatic heterocycles. The molecule has 1 aliphatic carbocycles. The van der Waals surface area contributed by atoms with Crippen LogP contribution in [0.1, 0.15) is 38.7 Å². The van der Waals surface area contributed by atoms with Gasteiger partial charge < -0.3 is 10.2 Å². The Hall–Kier alpha value is -1.84. The Kier molecular flexibility index (Phi) is 4.66. The van der Waals surface area contributed by atoms with Gasteiger partial charge in [0, 0.05) is 19.6 Å². The Balaban J connectivity index is 2.00. The first-order valence-corrected chi connectivity index (χ1v) is 7.60. The SMILES string of the molecule is CCC(C)NC(=O)C1(C(=O)N(C)Cc2ccccc2)CC1. The maximum Gasteiger partial charge on any atom is 0.238 e. The topological polar surface area (TPSA) is 49.4 Å². The van der Waals surface area contributed by atoms with Crippen molar-refractivity contribution in [3.63, 3.8) is 0 Å². The molecule has 1 unspecified atom stereocenters. The fraction of sp³-hybridized carbons (Fsp3) is 0.529. The van der Waals surface area contributed by atoms with Crippen LogP contribution in [0, 0.1) is 5.41 Å². The molecule has 2 amide bonds. The number of rotatable bonds is 6. The van der Waals surface area contributed by atoms with Crippen molar-refractivity contribution in [2.75, 3.05) is 7.05 Å². The Morgan fingerprint density at radius 1 is 1.29 bits per heavy atom. The van der Waals surface area contributed by atoms with Gasteiger partial charge in [0.1, 0.15) is 5.41 Å². The molecule has 1 N–H and O–H groups in total. The van der Waals surface area contributed by atoms with Gasteiger partial charge in [0.05, 0.1) is 0 Å². The number of hydrogen-bond donors (Lipinski definition) is 1. The van der Waals surface area contributed by atoms with E-state index in [1.165, 1.54) is 0 Å². The van der Waals surface area contributed by atoms with Crippen LogP contribution in [0.3, 0.4) is 0 Å². The zero-order valence-corrected chi connectivity index (χ0v) is 13.1. The second-order valence-electron chi connectivity index (χ2n) is 6.01. The second kappa shape index (κ2) is 6.29. The monoisotopic (exact) mass is 288 g/mol. The minimum atomic E-state index is -0.813. The van der Waals surface area contributed by atoms with E-state index in [2.05, 4.69) is 5.32 Å². The Bertz CT molecular complexity index is 509. The third-order valence-corrected chi connectivity index (χ3v) is 4.19. The maximum atomic E-state index is 12.6. The predicted octanol–water partition coefficient (Wildman–Crippen LogP) is 2.34. The number of nitrogens with zero attached hydrogens (tertiary/aromatic N) is 1. The van der Waals surface area contributed by atoms with E-state index >= 15 is 0 Å². The van der Waals surface area contributed by atoms with Crippen molar-refractivity contribution in [1.29, 1.82) is 0 Å². The lowest BCUT2D eigenvalue weighted by Gasteiger charge is -2.24. The predicted molar refractivity (Wildman–Crippen MR) is 82.5 cm³/mol. The van der Waals surface area contributed by atoms with E-state index in [1.807, 2.05) is 44.2 Å². The molecule has 1 fully saturated rings. The van der Waals surface area contributed by atoms with E-state index in [1.54, 1.807) is 11.9 Å². The molecule has 1 aromatic rings. The molecule has 0 radical (unpaired) electrons. The molecule has 0 bridgehead atoms. The number of carbonyl (C=O) groups excluding carboxylic acids is 2. The van der Waals surface area contributed by atoms with Crippen molar-refractivity contribution in [1.82, 2.24) is 10.2 Å². The lowest BCUT2D eigenvalue weighted by Crippen LogP contribution is -2.46. The van der Waals surface area contributed by atoms with E-state index in [-0.39, 0.29) is 17.9 Å². The highest BCUT2D eigenvalue weighted by atomic mass is 16.2. The minimum absolute atomic E-state index is 0.0628. The van der Waals surface area contributed by atoms with Crippen LogP contribution >= 0.6 is 0 Å². The smallest absolute Gasteiger partial charge is 0.238 e. The third kappa shape index (κ3) is 3.43. The standard InChI is InChI=1S/C17H24N2O2/c1-4-13(2)18-15(20)17(10-11-17)16(21)19(3)12-14-8-6-5-7-9-14/h5-9,13H,4,10-12H2,1-3H3,(H,18,20). The molecule has 0 saturated heterocycles. The number of hydrogen-bond acceptors (Lipinski definition) is 2. The van der Waals surface area contributed by atoms with Crippen molar-refractivity contribution in [2.45, 2.75) is 45.7 Å². The number of amides is 2. The van der Waals surface area contributed by atoms with Gasteiger partial charge in [0.25, 0.3) is 0 Å². The highest BCUT2D eigenvalue weighted by Gasteiger charge is 2.57. The molecule has 0 heterocycles. The molecule has 4 heteroatoms. The molecule has 21 heavy (non-hydrogen) atoms. The van der Waals surface area contributed by atoms with Crippen LogP contribution in [-0.4, -0.2) is 29.8 Å². The van der Waals surface area contributed by atoms with E-state index in [0.717, 1.165) is 12.0 Å². The second-order valence-corrected chi connectivity index (χ2v) is 6.01. The van der Waals surface area contributed by atoms with Crippen LogP contribution in [0.15, 0.2) is 30.3 Å². The molecule has 1 atom stereocenters. The highest BCUT2D eigenvalue weighted by molar-refractivity contribution is 6.07. The summed E-state index contributed by atoms with van der Waals surface area (Å²) in [6.45, 7) is 4.53. The van der Waals surface area contributed by atoms with Gasteiger partial charge in [-0.2, -0.15) is 0 Å². The van der Waals surface area contributed by atoms with Crippen molar-refractivity contribution in [3.05, 3.63) is 35.9 Å². The molecule has 4 nitrogen and oxygen atoms in total. The molecule has 2 rings (SSSR count). The van der Waals surface area contributed by atoms with Gasteiger partial charge >= 0.3 is 0 Å². The summed E-state index contributed by atoms with van der Waals surface area (Å²) in [5.74, 6) is -0.172. The van der Waals surface area contributed by atoms with Gasteiger partial charge in [-0.3, -0.25) is 9.59 Å². The summed E-state index contributed by atoms with van der Waals surface area (Å²) in [5, 5.41) is 2.95. The minimum Gasteiger partial charge on any atom is -0.353 e. The van der Waals surface area contributed by atoms with Crippen LogP contribution in [-0.2, 0) is 16.1 Å². The van der Waals surface area contributed by atoms with Gasteiger partial charge in [-0.25, -0.2) is 0 Å². The lowest BCUT2D eigenvalue weighted by atomic mass is 10.0. The molecule has 1 aromatic carbocycles. The van der Waals surface area contributed by atoms with E-state index < -0.39 is 5.41 Å². The molecule has 0 aromatic heterocycles. The number of nitrogens with one attached hydrogen (secondary N) is 1. The first kappa shape index (κ1) is 15.5. The number of carbonyl (C=O) groups is 2. The fourth-order valence-corrected chi connectivity index (χ4v) is 2.42. The summed E-state index contributed by atoms with van der Waals surface area (Å²) >= 11 is 0. The van der Waals surface area contributed by atoms with E-state index in [0.29, 0.717) is 19.4 Å². The normalized spacial score (nSPS) is 16.9. The van der Waals surface area contributed by atoms with Gasteiger partial charge in [0.15, 0.2) is 0 Å². The van der Waals surface area contributed by atoms with Crippen LogP contribution < -0.4 is 5.32 Å². The summed E-state index contributed by atoms with van der Waals surface area (Å²) in [6.07, 6.45) is 2.19. The third-order valence-electron chi connectivity index (χ3n) is 4.19. The van der Waals surface area contributed by atoms with Crippen molar-refractivity contribution < 1.29 is 9.59 Å². The first-order valence-electron chi connectivity index (χ1n) is 7.60. The Labute approximate surface area is 126 Å². The fourth-order valence-electron chi connectivity index (χ4n) is 2.42. The van der Waals surface area contributed by atoms with Gasteiger partial charge in [-0.1, -0.05) is 37.3 Å².